The van der Waals surface area contributed by atoms with E-state index in [1.165, 1.54) is 0 Å². The zero-order chi connectivity index (χ0) is 12.7. The van der Waals surface area contributed by atoms with E-state index in [4.69, 9.17) is 10.00 Å². The van der Waals surface area contributed by atoms with E-state index in [0.29, 0.717) is 18.0 Å². The number of nitrogens with one attached hydrogen (secondary N) is 1. The van der Waals surface area contributed by atoms with Gasteiger partial charge in [0.15, 0.2) is 0 Å². The van der Waals surface area contributed by atoms with Gasteiger partial charge in [0.05, 0.1) is 11.7 Å². The minimum absolute atomic E-state index is 0.260. The van der Waals surface area contributed by atoms with Gasteiger partial charge in [-0.05, 0) is 42.3 Å². The molecule has 0 bridgehead atoms. The molecule has 0 aromatic carbocycles. The quantitative estimate of drug-likeness (QED) is 0.820. The third-order valence-electron chi connectivity index (χ3n) is 2.04. The first-order valence-electron chi connectivity index (χ1n) is 5.54. The first kappa shape index (κ1) is 13.9. The Morgan fingerprint density at radius 2 is 2.35 bits per heavy atom. The zero-order valence-electron chi connectivity index (χ0n) is 10.0. The average molecular weight is 298 g/mol. The van der Waals surface area contributed by atoms with Crippen LogP contribution in [-0.4, -0.2) is 24.2 Å². The molecule has 1 N–H and O–H groups in total. The van der Waals surface area contributed by atoms with Crippen molar-refractivity contribution in [3.8, 4) is 6.07 Å². The molecule has 0 atom stereocenters. The third kappa shape index (κ3) is 5.16. The predicted molar refractivity (Wildman–Crippen MR) is 70.8 cm³/mol. The summed E-state index contributed by atoms with van der Waals surface area (Å²) in [7, 11) is 0. The summed E-state index contributed by atoms with van der Waals surface area (Å²) in [6.07, 6.45) is 2.82. The molecule has 92 valence electrons. The van der Waals surface area contributed by atoms with E-state index in [1.807, 2.05) is 13.8 Å². The fourth-order valence-corrected chi connectivity index (χ4v) is 1.59. The van der Waals surface area contributed by atoms with E-state index in [9.17, 15) is 0 Å². The zero-order valence-corrected chi connectivity index (χ0v) is 11.6. The Bertz CT molecular complexity index is 401. The van der Waals surface area contributed by atoms with E-state index in [2.05, 4.69) is 32.3 Å². The smallest absolute Gasteiger partial charge is 0.143 e. The molecule has 0 radical (unpaired) electrons. The van der Waals surface area contributed by atoms with Crippen molar-refractivity contribution in [1.82, 2.24) is 4.98 Å². The van der Waals surface area contributed by atoms with Gasteiger partial charge in [0.25, 0.3) is 0 Å². The molecule has 0 unspecified atom stereocenters. The number of pyridine rings is 1. The summed E-state index contributed by atoms with van der Waals surface area (Å²) in [5, 5.41) is 12.1. The van der Waals surface area contributed by atoms with Gasteiger partial charge in [-0.1, -0.05) is 0 Å². The molecular formula is C12H16BrN3O. The molecule has 0 aliphatic heterocycles. The Kier molecular flexibility index (Phi) is 5.95. The van der Waals surface area contributed by atoms with Crippen LogP contribution in [0, 0.1) is 11.3 Å². The molecule has 0 saturated carbocycles. The highest BCUT2D eigenvalue weighted by Gasteiger charge is 2.03. The van der Waals surface area contributed by atoms with Crippen molar-refractivity contribution in [3.63, 3.8) is 0 Å². The van der Waals surface area contributed by atoms with E-state index < -0.39 is 0 Å². The van der Waals surface area contributed by atoms with Crippen molar-refractivity contribution in [1.29, 1.82) is 5.26 Å². The maximum absolute atomic E-state index is 8.94. The van der Waals surface area contributed by atoms with Crippen LogP contribution in [0.25, 0.3) is 0 Å². The number of nitriles is 1. The molecule has 1 heterocycles. The molecule has 5 heteroatoms. The number of hydrogen-bond donors (Lipinski definition) is 1. The van der Waals surface area contributed by atoms with Crippen molar-refractivity contribution < 1.29 is 4.74 Å². The standard InChI is InChI=1S/C12H16BrN3O/c1-9(2)17-5-3-4-15-12-10(7-14)6-11(13)8-16-12/h6,8-9H,3-5H2,1-2H3,(H,15,16). The molecule has 1 rings (SSSR count). The van der Waals surface area contributed by atoms with Crippen molar-refractivity contribution in [2.24, 2.45) is 0 Å². The second-order valence-corrected chi connectivity index (χ2v) is 4.78. The van der Waals surface area contributed by atoms with Crippen LogP contribution in [0.15, 0.2) is 16.7 Å². The minimum atomic E-state index is 0.260. The fourth-order valence-electron chi connectivity index (χ4n) is 1.26. The highest BCUT2D eigenvalue weighted by molar-refractivity contribution is 9.10. The molecule has 0 amide bonds. The largest absolute Gasteiger partial charge is 0.379 e. The highest BCUT2D eigenvalue weighted by Crippen LogP contribution is 2.16. The number of nitrogens with zero attached hydrogens (tertiary/aromatic N) is 2. The lowest BCUT2D eigenvalue weighted by molar-refractivity contribution is 0.0787. The van der Waals surface area contributed by atoms with E-state index >= 15 is 0 Å². The monoisotopic (exact) mass is 297 g/mol. The van der Waals surface area contributed by atoms with Crippen LogP contribution < -0.4 is 5.32 Å². The molecule has 0 saturated heterocycles. The van der Waals surface area contributed by atoms with E-state index in [0.717, 1.165) is 17.4 Å². The molecular weight excluding hydrogens is 282 g/mol. The summed E-state index contributed by atoms with van der Waals surface area (Å²) in [4.78, 5) is 4.16. The van der Waals surface area contributed by atoms with Gasteiger partial charge in [0, 0.05) is 23.8 Å². The van der Waals surface area contributed by atoms with Gasteiger partial charge in [-0.2, -0.15) is 5.26 Å². The van der Waals surface area contributed by atoms with Gasteiger partial charge in [-0.3, -0.25) is 0 Å². The van der Waals surface area contributed by atoms with E-state index in [-0.39, 0.29) is 6.10 Å². The molecule has 0 fully saturated rings. The summed E-state index contributed by atoms with van der Waals surface area (Å²) in [5.74, 6) is 0.625. The lowest BCUT2D eigenvalue weighted by Crippen LogP contribution is -2.10. The van der Waals surface area contributed by atoms with Crippen molar-refractivity contribution in [2.75, 3.05) is 18.5 Å². The summed E-state index contributed by atoms with van der Waals surface area (Å²) >= 11 is 3.28. The highest BCUT2D eigenvalue weighted by atomic mass is 79.9. The van der Waals surface area contributed by atoms with Crippen molar-refractivity contribution >= 4 is 21.7 Å². The first-order valence-corrected chi connectivity index (χ1v) is 6.34. The Balaban J connectivity index is 2.39. The topological polar surface area (TPSA) is 57.9 Å². The van der Waals surface area contributed by atoms with Gasteiger partial charge in [0.2, 0.25) is 0 Å². The number of hydrogen-bond acceptors (Lipinski definition) is 4. The first-order chi connectivity index (χ1) is 8.13. The Morgan fingerprint density at radius 1 is 1.59 bits per heavy atom. The van der Waals surface area contributed by atoms with Crippen LogP contribution in [0.2, 0.25) is 0 Å². The normalized spacial score (nSPS) is 10.3. The van der Waals surface area contributed by atoms with Crippen LogP contribution in [0.5, 0.6) is 0 Å². The lowest BCUT2D eigenvalue weighted by atomic mass is 10.3. The third-order valence-corrected chi connectivity index (χ3v) is 2.47. The van der Waals surface area contributed by atoms with Crippen LogP contribution in [0.3, 0.4) is 0 Å². The molecule has 0 aliphatic carbocycles. The van der Waals surface area contributed by atoms with Gasteiger partial charge in [0.1, 0.15) is 11.9 Å². The van der Waals surface area contributed by atoms with Crippen molar-refractivity contribution in [3.05, 3.63) is 22.3 Å². The Hall–Kier alpha value is -1.12. The minimum Gasteiger partial charge on any atom is -0.379 e. The Labute approximate surface area is 110 Å². The van der Waals surface area contributed by atoms with Crippen LogP contribution in [0.4, 0.5) is 5.82 Å². The van der Waals surface area contributed by atoms with Crippen LogP contribution >= 0.6 is 15.9 Å². The van der Waals surface area contributed by atoms with Gasteiger partial charge >= 0.3 is 0 Å². The number of halogens is 1. The maximum atomic E-state index is 8.94. The van der Waals surface area contributed by atoms with Gasteiger partial charge < -0.3 is 10.1 Å². The fraction of sp³-hybridized carbons (Fsp3) is 0.500. The lowest BCUT2D eigenvalue weighted by Gasteiger charge is -2.09. The second-order valence-electron chi connectivity index (χ2n) is 3.86. The summed E-state index contributed by atoms with van der Waals surface area (Å²) in [6, 6.07) is 3.86. The van der Waals surface area contributed by atoms with Gasteiger partial charge in [-0.25, -0.2) is 4.98 Å². The average Bonchev–Trinajstić information content (AvgIpc) is 2.29. The van der Waals surface area contributed by atoms with E-state index in [1.54, 1.807) is 12.3 Å². The van der Waals surface area contributed by atoms with Crippen molar-refractivity contribution in [2.45, 2.75) is 26.4 Å². The molecule has 1 aromatic heterocycles. The maximum Gasteiger partial charge on any atom is 0.143 e. The number of rotatable bonds is 6. The molecule has 0 aliphatic rings. The van der Waals surface area contributed by atoms with Crippen LogP contribution in [0.1, 0.15) is 25.8 Å². The van der Waals surface area contributed by atoms with Gasteiger partial charge in [-0.15, -0.1) is 0 Å². The summed E-state index contributed by atoms with van der Waals surface area (Å²) in [6.45, 7) is 5.48. The molecule has 1 aromatic rings. The number of anilines is 1. The second kappa shape index (κ2) is 7.25. The SMILES string of the molecule is CC(C)OCCCNc1ncc(Br)cc1C#N. The number of aromatic nitrogens is 1. The molecule has 0 spiro atoms. The Morgan fingerprint density at radius 3 is 3.00 bits per heavy atom. The molecule has 17 heavy (non-hydrogen) atoms. The summed E-state index contributed by atoms with van der Waals surface area (Å²) < 4.78 is 6.23. The van der Waals surface area contributed by atoms with Crippen LogP contribution in [-0.2, 0) is 4.74 Å². The number of ether oxygens (including phenoxy) is 1. The molecule has 4 nitrogen and oxygen atoms in total. The predicted octanol–water partition coefficient (Wildman–Crippen LogP) is 2.94. The summed E-state index contributed by atoms with van der Waals surface area (Å²) in [5.41, 5.74) is 0.546.